The molecule has 0 aliphatic rings. The molecule has 0 unspecified atom stereocenters. The molecule has 2 aromatic heterocycles. The lowest BCUT2D eigenvalue weighted by Crippen LogP contribution is -2.28. The molecule has 164 valence electrons. The van der Waals surface area contributed by atoms with Gasteiger partial charge in [-0.1, -0.05) is 68.5 Å². The molecule has 0 aliphatic carbocycles. The maximum Gasteiger partial charge on any atom is 0.296 e. The van der Waals surface area contributed by atoms with Crippen molar-refractivity contribution in [3.8, 4) is 5.75 Å². The number of benzene rings is 2. The van der Waals surface area contributed by atoms with Crippen molar-refractivity contribution >= 4 is 22.4 Å². The van der Waals surface area contributed by atoms with Crippen molar-refractivity contribution in [2.24, 2.45) is 0 Å². The van der Waals surface area contributed by atoms with Gasteiger partial charge < -0.3 is 4.74 Å². The van der Waals surface area contributed by atoms with Gasteiger partial charge in [-0.3, -0.25) is 9.59 Å². The van der Waals surface area contributed by atoms with E-state index in [9.17, 15) is 9.59 Å². The Morgan fingerprint density at radius 3 is 2.44 bits per heavy atom. The second-order valence-electron chi connectivity index (χ2n) is 7.96. The standard InChI is InChI=1S/C25H25N3O3S/c1-4-13-31-20-11-7-17(8-12-20)14-21-23(29)26-25-28(27-21)24(30)22(32-25)15-18-5-9-19(10-6-18)16(2)3/h5-12,15-16H,4,13-14H2,1-3H3. The van der Waals surface area contributed by atoms with Crippen molar-refractivity contribution in [1.29, 1.82) is 0 Å². The summed E-state index contributed by atoms with van der Waals surface area (Å²) in [5.74, 6) is 1.23. The molecule has 0 saturated heterocycles. The van der Waals surface area contributed by atoms with E-state index in [4.69, 9.17) is 4.74 Å². The molecule has 32 heavy (non-hydrogen) atoms. The molecule has 0 saturated carbocycles. The molecular formula is C25H25N3O3S. The van der Waals surface area contributed by atoms with Gasteiger partial charge in [0.25, 0.3) is 11.1 Å². The number of hydrogen-bond donors (Lipinski definition) is 0. The first-order valence-electron chi connectivity index (χ1n) is 10.7. The Labute approximate surface area is 189 Å². The summed E-state index contributed by atoms with van der Waals surface area (Å²) in [6.07, 6.45) is 3.05. The van der Waals surface area contributed by atoms with Crippen molar-refractivity contribution < 1.29 is 4.74 Å². The van der Waals surface area contributed by atoms with Crippen LogP contribution in [0.4, 0.5) is 0 Å². The summed E-state index contributed by atoms with van der Waals surface area (Å²) in [5, 5.41) is 4.33. The van der Waals surface area contributed by atoms with Gasteiger partial charge in [0.2, 0.25) is 4.96 Å². The van der Waals surface area contributed by atoms with Crippen LogP contribution in [0, 0.1) is 0 Å². The lowest BCUT2D eigenvalue weighted by molar-refractivity contribution is 0.317. The van der Waals surface area contributed by atoms with Crippen LogP contribution in [0.2, 0.25) is 0 Å². The minimum atomic E-state index is -0.412. The third-order valence-corrected chi connectivity index (χ3v) is 6.08. The summed E-state index contributed by atoms with van der Waals surface area (Å²) < 4.78 is 7.32. The Bertz CT molecular complexity index is 1390. The fraction of sp³-hybridized carbons (Fsp3) is 0.280. The van der Waals surface area contributed by atoms with E-state index in [2.05, 4.69) is 43.0 Å². The van der Waals surface area contributed by atoms with Crippen LogP contribution < -0.4 is 20.4 Å². The van der Waals surface area contributed by atoms with E-state index in [1.165, 1.54) is 21.4 Å². The number of nitrogens with zero attached hydrogens (tertiary/aromatic N) is 3. The second kappa shape index (κ2) is 9.44. The Hall–Kier alpha value is -3.32. The smallest absolute Gasteiger partial charge is 0.296 e. The highest BCUT2D eigenvalue weighted by Crippen LogP contribution is 2.15. The minimum absolute atomic E-state index is 0.243. The molecule has 0 spiro atoms. The monoisotopic (exact) mass is 447 g/mol. The van der Waals surface area contributed by atoms with Crippen molar-refractivity contribution in [1.82, 2.24) is 14.6 Å². The second-order valence-corrected chi connectivity index (χ2v) is 8.97. The van der Waals surface area contributed by atoms with Gasteiger partial charge in [0.05, 0.1) is 11.1 Å². The van der Waals surface area contributed by atoms with Crippen molar-refractivity contribution in [2.75, 3.05) is 6.61 Å². The quantitative estimate of drug-likeness (QED) is 0.433. The molecule has 0 atom stereocenters. The van der Waals surface area contributed by atoms with E-state index in [0.717, 1.165) is 23.3 Å². The van der Waals surface area contributed by atoms with Crippen LogP contribution in [-0.4, -0.2) is 21.2 Å². The summed E-state index contributed by atoms with van der Waals surface area (Å²) in [4.78, 5) is 29.8. The van der Waals surface area contributed by atoms with Gasteiger partial charge in [0, 0.05) is 6.42 Å². The van der Waals surface area contributed by atoms with Gasteiger partial charge in [-0.15, -0.1) is 0 Å². The van der Waals surface area contributed by atoms with Gasteiger partial charge >= 0.3 is 0 Å². The van der Waals surface area contributed by atoms with E-state index >= 15 is 0 Å². The zero-order valence-corrected chi connectivity index (χ0v) is 19.2. The lowest BCUT2D eigenvalue weighted by Gasteiger charge is -2.05. The molecule has 4 rings (SSSR count). The van der Waals surface area contributed by atoms with Gasteiger partial charge in [-0.25, -0.2) is 0 Å². The molecule has 0 N–H and O–H groups in total. The maximum absolute atomic E-state index is 12.9. The summed E-state index contributed by atoms with van der Waals surface area (Å²) in [5.41, 5.74) is 2.63. The van der Waals surface area contributed by atoms with Gasteiger partial charge in [-0.2, -0.15) is 14.6 Å². The molecule has 0 bridgehead atoms. The van der Waals surface area contributed by atoms with Crippen LogP contribution >= 0.6 is 11.3 Å². The molecule has 2 aromatic carbocycles. The highest BCUT2D eigenvalue weighted by molar-refractivity contribution is 7.15. The van der Waals surface area contributed by atoms with Gasteiger partial charge in [-0.05, 0) is 47.2 Å². The predicted molar refractivity (Wildman–Crippen MR) is 128 cm³/mol. The number of rotatable bonds is 7. The molecule has 0 fully saturated rings. The number of thiazole rings is 1. The summed E-state index contributed by atoms with van der Waals surface area (Å²) in [6, 6.07) is 15.6. The normalized spacial score (nSPS) is 12.1. The van der Waals surface area contributed by atoms with E-state index in [0.29, 0.717) is 28.4 Å². The number of aromatic nitrogens is 3. The molecule has 4 aromatic rings. The molecule has 2 heterocycles. The van der Waals surface area contributed by atoms with E-state index in [1.54, 1.807) is 0 Å². The average Bonchev–Trinajstić information content (AvgIpc) is 3.08. The fourth-order valence-electron chi connectivity index (χ4n) is 3.30. The molecule has 0 radical (unpaired) electrons. The predicted octanol–water partition coefficient (Wildman–Crippen LogP) is 3.56. The first-order chi connectivity index (χ1) is 15.4. The fourth-order valence-corrected chi connectivity index (χ4v) is 4.20. The van der Waals surface area contributed by atoms with Crippen LogP contribution in [0.5, 0.6) is 5.75 Å². The Morgan fingerprint density at radius 2 is 1.78 bits per heavy atom. The van der Waals surface area contributed by atoms with Crippen LogP contribution in [0.3, 0.4) is 0 Å². The van der Waals surface area contributed by atoms with Gasteiger partial charge in [0.1, 0.15) is 11.4 Å². The highest BCUT2D eigenvalue weighted by atomic mass is 32.1. The van der Waals surface area contributed by atoms with Crippen molar-refractivity contribution in [2.45, 2.75) is 39.5 Å². The Kier molecular flexibility index (Phi) is 6.46. The third kappa shape index (κ3) is 4.78. The lowest BCUT2D eigenvalue weighted by atomic mass is 10.0. The van der Waals surface area contributed by atoms with Crippen LogP contribution in [-0.2, 0) is 6.42 Å². The summed E-state index contributed by atoms with van der Waals surface area (Å²) >= 11 is 1.17. The highest BCUT2D eigenvalue weighted by Gasteiger charge is 2.12. The van der Waals surface area contributed by atoms with E-state index in [1.807, 2.05) is 42.5 Å². The number of hydrogen-bond acceptors (Lipinski definition) is 6. The van der Waals surface area contributed by atoms with Gasteiger partial charge in [0.15, 0.2) is 0 Å². The number of fused-ring (bicyclic) bond motifs is 1. The molecule has 7 heteroatoms. The van der Waals surface area contributed by atoms with Crippen molar-refractivity contribution in [3.63, 3.8) is 0 Å². The van der Waals surface area contributed by atoms with Crippen LogP contribution in [0.25, 0.3) is 11.0 Å². The third-order valence-electron chi connectivity index (χ3n) is 5.12. The number of ether oxygens (including phenoxy) is 1. The average molecular weight is 448 g/mol. The molecular weight excluding hydrogens is 422 g/mol. The minimum Gasteiger partial charge on any atom is -0.494 e. The topological polar surface area (TPSA) is 73.6 Å². The zero-order valence-electron chi connectivity index (χ0n) is 18.4. The van der Waals surface area contributed by atoms with E-state index < -0.39 is 5.56 Å². The van der Waals surface area contributed by atoms with E-state index in [-0.39, 0.29) is 11.3 Å². The first kappa shape index (κ1) is 21.9. The maximum atomic E-state index is 12.9. The summed E-state index contributed by atoms with van der Waals surface area (Å²) in [7, 11) is 0. The molecule has 0 amide bonds. The van der Waals surface area contributed by atoms with Crippen molar-refractivity contribution in [3.05, 3.63) is 96.2 Å². The Balaban J connectivity index is 1.64. The van der Waals surface area contributed by atoms with Crippen LogP contribution in [0.15, 0.2) is 58.1 Å². The Morgan fingerprint density at radius 1 is 1.06 bits per heavy atom. The van der Waals surface area contributed by atoms with Crippen LogP contribution in [0.1, 0.15) is 55.5 Å². The SMILES string of the molecule is CCCOc1ccc(Cc2nn3c(=O)c(=Cc4ccc(C(C)C)cc4)sc3nc2=O)cc1. The summed E-state index contributed by atoms with van der Waals surface area (Å²) in [6.45, 7) is 6.99. The molecule has 6 nitrogen and oxygen atoms in total. The largest absolute Gasteiger partial charge is 0.494 e. The zero-order chi connectivity index (χ0) is 22.7. The molecule has 0 aliphatic heterocycles. The first-order valence-corrected chi connectivity index (χ1v) is 11.5.